The fraction of sp³-hybridized carbons (Fsp3) is 0.350. The lowest BCUT2D eigenvalue weighted by atomic mass is 10.1. The van der Waals surface area contributed by atoms with Crippen LogP contribution in [0.25, 0.3) is 0 Å². The van der Waals surface area contributed by atoms with Crippen molar-refractivity contribution < 1.29 is 17.9 Å². The highest BCUT2D eigenvalue weighted by Crippen LogP contribution is 2.21. The molecule has 144 valence electrons. The van der Waals surface area contributed by atoms with E-state index in [2.05, 4.69) is 10.0 Å². The van der Waals surface area contributed by atoms with Gasteiger partial charge >= 0.3 is 0 Å². The number of benzene rings is 2. The molecule has 7 heteroatoms. The van der Waals surface area contributed by atoms with Gasteiger partial charge in [-0.2, -0.15) is 0 Å². The Morgan fingerprint density at radius 3 is 2.52 bits per heavy atom. The molecule has 0 saturated carbocycles. The number of hydrogen-bond donors (Lipinski definition) is 2. The smallest absolute Gasteiger partial charge is 0.255 e. The van der Waals surface area contributed by atoms with Gasteiger partial charge in [0.2, 0.25) is 10.0 Å². The first-order chi connectivity index (χ1) is 12.9. The van der Waals surface area contributed by atoms with E-state index in [4.69, 9.17) is 4.74 Å². The van der Waals surface area contributed by atoms with Gasteiger partial charge in [-0.05, 0) is 56.0 Å². The number of ether oxygens (including phenoxy) is 1. The average molecular weight is 388 g/mol. The normalized spacial score (nSPS) is 17.0. The fourth-order valence-corrected chi connectivity index (χ4v) is 4.20. The van der Waals surface area contributed by atoms with Gasteiger partial charge < -0.3 is 10.1 Å². The maximum Gasteiger partial charge on any atom is 0.255 e. The summed E-state index contributed by atoms with van der Waals surface area (Å²) in [5.41, 5.74) is 2.93. The maximum absolute atomic E-state index is 12.6. The topological polar surface area (TPSA) is 84.5 Å². The SMILES string of the molecule is Cc1cccc(C)c1NC(=O)c1cccc(S(=O)(=O)NCC2CCCO2)c1. The number of nitrogens with one attached hydrogen (secondary N) is 2. The van der Waals surface area contributed by atoms with Crippen molar-refractivity contribution in [2.75, 3.05) is 18.5 Å². The standard InChI is InChI=1S/C20H24N2O4S/c1-14-6-3-7-15(2)19(14)22-20(23)16-8-4-10-18(12-16)27(24,25)21-13-17-9-5-11-26-17/h3-4,6-8,10,12,17,21H,5,9,11,13H2,1-2H3,(H,22,23). The van der Waals surface area contributed by atoms with Crippen LogP contribution in [0.1, 0.15) is 34.3 Å². The molecule has 1 amide bonds. The van der Waals surface area contributed by atoms with E-state index < -0.39 is 10.0 Å². The van der Waals surface area contributed by atoms with E-state index in [9.17, 15) is 13.2 Å². The van der Waals surface area contributed by atoms with Crippen LogP contribution in [-0.2, 0) is 14.8 Å². The molecular formula is C20H24N2O4S. The lowest BCUT2D eigenvalue weighted by Crippen LogP contribution is -2.32. The Morgan fingerprint density at radius 1 is 1.15 bits per heavy atom. The summed E-state index contributed by atoms with van der Waals surface area (Å²) >= 11 is 0. The molecule has 2 aromatic carbocycles. The minimum atomic E-state index is -3.70. The molecule has 1 aliphatic heterocycles. The molecule has 1 atom stereocenters. The van der Waals surface area contributed by atoms with Crippen LogP contribution in [0, 0.1) is 13.8 Å². The van der Waals surface area contributed by atoms with Crippen molar-refractivity contribution in [2.45, 2.75) is 37.7 Å². The van der Waals surface area contributed by atoms with Gasteiger partial charge in [0.15, 0.2) is 0 Å². The van der Waals surface area contributed by atoms with Gasteiger partial charge in [-0.25, -0.2) is 13.1 Å². The third-order valence-corrected chi connectivity index (χ3v) is 6.07. The predicted molar refractivity (Wildman–Crippen MR) is 104 cm³/mol. The Labute approximate surface area is 160 Å². The summed E-state index contributed by atoms with van der Waals surface area (Å²) in [7, 11) is -3.70. The minimum absolute atomic E-state index is 0.0645. The van der Waals surface area contributed by atoms with Gasteiger partial charge in [0, 0.05) is 24.4 Å². The molecule has 0 spiro atoms. The second-order valence-electron chi connectivity index (χ2n) is 6.74. The molecule has 1 fully saturated rings. The lowest BCUT2D eigenvalue weighted by Gasteiger charge is -2.13. The van der Waals surface area contributed by atoms with Crippen LogP contribution in [0.5, 0.6) is 0 Å². The van der Waals surface area contributed by atoms with Crippen molar-refractivity contribution in [3.63, 3.8) is 0 Å². The van der Waals surface area contributed by atoms with E-state index in [1.807, 2.05) is 32.0 Å². The molecule has 2 N–H and O–H groups in total. The maximum atomic E-state index is 12.6. The quantitative estimate of drug-likeness (QED) is 0.797. The molecule has 1 heterocycles. The van der Waals surface area contributed by atoms with Crippen LogP contribution in [0.2, 0.25) is 0 Å². The molecule has 1 unspecified atom stereocenters. The van der Waals surface area contributed by atoms with Crippen molar-refractivity contribution in [3.05, 3.63) is 59.2 Å². The van der Waals surface area contributed by atoms with Crippen molar-refractivity contribution in [1.82, 2.24) is 4.72 Å². The first-order valence-electron chi connectivity index (χ1n) is 8.96. The van der Waals surface area contributed by atoms with Crippen LogP contribution in [0.15, 0.2) is 47.4 Å². The third-order valence-electron chi connectivity index (χ3n) is 4.65. The van der Waals surface area contributed by atoms with Crippen molar-refractivity contribution in [2.24, 2.45) is 0 Å². The number of amides is 1. The lowest BCUT2D eigenvalue weighted by molar-refractivity contribution is 0.102. The van der Waals surface area contributed by atoms with Gasteiger partial charge in [-0.1, -0.05) is 24.3 Å². The Balaban J connectivity index is 1.75. The number of rotatable bonds is 6. The Hall–Kier alpha value is -2.22. The van der Waals surface area contributed by atoms with Crippen molar-refractivity contribution in [3.8, 4) is 0 Å². The van der Waals surface area contributed by atoms with Crippen LogP contribution in [0.3, 0.4) is 0 Å². The van der Waals surface area contributed by atoms with Crippen LogP contribution in [0.4, 0.5) is 5.69 Å². The molecular weight excluding hydrogens is 364 g/mol. The summed E-state index contributed by atoms with van der Waals surface area (Å²) in [5.74, 6) is -0.344. The summed E-state index contributed by atoms with van der Waals surface area (Å²) in [5, 5.41) is 2.88. The summed E-state index contributed by atoms with van der Waals surface area (Å²) in [6.45, 7) is 4.73. The summed E-state index contributed by atoms with van der Waals surface area (Å²) in [6, 6.07) is 11.8. The Morgan fingerprint density at radius 2 is 1.85 bits per heavy atom. The largest absolute Gasteiger partial charge is 0.377 e. The highest BCUT2D eigenvalue weighted by molar-refractivity contribution is 7.89. The van der Waals surface area contributed by atoms with Gasteiger partial charge in [-0.3, -0.25) is 4.79 Å². The van der Waals surface area contributed by atoms with Gasteiger partial charge in [0.05, 0.1) is 11.0 Å². The number of carbonyl (C=O) groups excluding carboxylic acids is 1. The Bertz CT molecular complexity index is 914. The fourth-order valence-electron chi connectivity index (χ4n) is 3.09. The van der Waals surface area contributed by atoms with Gasteiger partial charge in [0.25, 0.3) is 5.91 Å². The zero-order valence-corrected chi connectivity index (χ0v) is 16.3. The number of aryl methyl sites for hydroxylation is 2. The van der Waals surface area contributed by atoms with Crippen LogP contribution >= 0.6 is 0 Å². The molecule has 3 rings (SSSR count). The van der Waals surface area contributed by atoms with E-state index >= 15 is 0 Å². The second kappa shape index (κ2) is 8.21. The van der Waals surface area contributed by atoms with Gasteiger partial charge in [-0.15, -0.1) is 0 Å². The zero-order chi connectivity index (χ0) is 19.4. The number of anilines is 1. The summed E-state index contributed by atoms with van der Waals surface area (Å²) in [6.07, 6.45) is 1.71. The number of para-hydroxylation sites is 1. The Kier molecular flexibility index (Phi) is 5.94. The second-order valence-corrected chi connectivity index (χ2v) is 8.50. The highest BCUT2D eigenvalue weighted by Gasteiger charge is 2.21. The van der Waals surface area contributed by atoms with Gasteiger partial charge in [0.1, 0.15) is 0 Å². The first kappa shape index (κ1) is 19.5. The number of carbonyl (C=O) groups is 1. The van der Waals surface area contributed by atoms with Crippen molar-refractivity contribution in [1.29, 1.82) is 0 Å². The molecule has 0 bridgehead atoms. The third kappa shape index (κ3) is 4.74. The predicted octanol–water partition coefficient (Wildman–Crippen LogP) is 3.01. The van der Waals surface area contributed by atoms with E-state index in [0.717, 1.165) is 29.7 Å². The molecule has 0 aromatic heterocycles. The molecule has 1 saturated heterocycles. The summed E-state index contributed by atoms with van der Waals surface area (Å²) < 4.78 is 33.1. The monoisotopic (exact) mass is 388 g/mol. The van der Waals surface area contributed by atoms with E-state index in [0.29, 0.717) is 6.61 Å². The van der Waals surface area contributed by atoms with E-state index in [1.165, 1.54) is 12.1 Å². The average Bonchev–Trinajstić information content (AvgIpc) is 3.17. The van der Waals surface area contributed by atoms with E-state index in [-0.39, 0.29) is 29.0 Å². The molecule has 0 aliphatic carbocycles. The van der Waals surface area contributed by atoms with E-state index in [1.54, 1.807) is 12.1 Å². The zero-order valence-electron chi connectivity index (χ0n) is 15.5. The molecule has 27 heavy (non-hydrogen) atoms. The highest BCUT2D eigenvalue weighted by atomic mass is 32.2. The number of hydrogen-bond acceptors (Lipinski definition) is 4. The molecule has 1 aliphatic rings. The van der Waals surface area contributed by atoms with Crippen LogP contribution in [-0.4, -0.2) is 33.6 Å². The molecule has 2 aromatic rings. The van der Waals surface area contributed by atoms with Crippen molar-refractivity contribution >= 4 is 21.6 Å². The first-order valence-corrected chi connectivity index (χ1v) is 10.4. The van der Waals surface area contributed by atoms with Crippen LogP contribution < -0.4 is 10.0 Å². The minimum Gasteiger partial charge on any atom is -0.377 e. The molecule has 0 radical (unpaired) electrons. The number of sulfonamides is 1. The summed E-state index contributed by atoms with van der Waals surface area (Å²) in [4.78, 5) is 12.7. The molecule has 6 nitrogen and oxygen atoms in total.